The van der Waals surface area contributed by atoms with Gasteiger partial charge in [0, 0.05) is 11.8 Å². The molecule has 0 aliphatic rings. The third kappa shape index (κ3) is 4.03. The van der Waals surface area contributed by atoms with Gasteiger partial charge in [0.25, 0.3) is 5.56 Å². The Bertz CT molecular complexity index is 950. The van der Waals surface area contributed by atoms with Crippen LogP contribution in [0.15, 0.2) is 53.3 Å². The first-order valence-electron chi connectivity index (χ1n) is 8.03. The smallest absolute Gasteiger partial charge is 0.272 e. The summed E-state index contributed by atoms with van der Waals surface area (Å²) >= 11 is 0. The Morgan fingerprint density at radius 1 is 1.16 bits per heavy atom. The normalized spacial score (nSPS) is 10.6. The van der Waals surface area contributed by atoms with Crippen LogP contribution in [0.4, 0.5) is 0 Å². The second-order valence-corrected chi connectivity index (χ2v) is 5.67. The number of ether oxygens (including phenoxy) is 1. The Balaban J connectivity index is 1.61. The maximum atomic E-state index is 12.1. The van der Waals surface area contributed by atoms with Gasteiger partial charge in [0.15, 0.2) is 0 Å². The van der Waals surface area contributed by atoms with E-state index in [1.54, 1.807) is 19.2 Å². The number of rotatable bonds is 6. The third-order valence-corrected chi connectivity index (χ3v) is 4.00. The Kier molecular flexibility index (Phi) is 5.09. The fraction of sp³-hybridized carbons (Fsp3) is 0.211. The van der Waals surface area contributed by atoms with Crippen molar-refractivity contribution in [1.82, 2.24) is 15.5 Å². The summed E-state index contributed by atoms with van der Waals surface area (Å²) in [6, 6.07) is 14.9. The van der Waals surface area contributed by atoms with E-state index in [0.717, 1.165) is 16.7 Å². The molecule has 1 heterocycles. The average molecular weight is 337 g/mol. The molecule has 0 aliphatic carbocycles. The van der Waals surface area contributed by atoms with Crippen molar-refractivity contribution >= 4 is 16.7 Å². The predicted molar refractivity (Wildman–Crippen MR) is 95.5 cm³/mol. The fourth-order valence-corrected chi connectivity index (χ4v) is 2.66. The first-order valence-corrected chi connectivity index (χ1v) is 8.03. The van der Waals surface area contributed by atoms with E-state index in [9.17, 15) is 9.59 Å². The number of nitrogens with zero attached hydrogens (tertiary/aromatic N) is 1. The number of carbonyl (C=O) groups is 1. The predicted octanol–water partition coefficient (Wildman–Crippen LogP) is 2.18. The Morgan fingerprint density at radius 2 is 1.96 bits per heavy atom. The molecule has 0 atom stereocenters. The van der Waals surface area contributed by atoms with Crippen LogP contribution >= 0.6 is 0 Å². The van der Waals surface area contributed by atoms with E-state index in [1.165, 1.54) is 0 Å². The van der Waals surface area contributed by atoms with Crippen molar-refractivity contribution in [3.8, 4) is 5.75 Å². The van der Waals surface area contributed by atoms with Crippen molar-refractivity contribution in [2.75, 3.05) is 7.11 Å². The highest BCUT2D eigenvalue weighted by Crippen LogP contribution is 2.14. The lowest BCUT2D eigenvalue weighted by Crippen LogP contribution is -2.24. The van der Waals surface area contributed by atoms with Gasteiger partial charge in [-0.1, -0.05) is 30.3 Å². The molecular formula is C19H19N3O3. The van der Waals surface area contributed by atoms with Gasteiger partial charge >= 0.3 is 0 Å². The quantitative estimate of drug-likeness (QED) is 0.722. The number of hydrogen-bond acceptors (Lipinski definition) is 4. The maximum Gasteiger partial charge on any atom is 0.272 e. The lowest BCUT2D eigenvalue weighted by atomic mass is 10.1. The molecule has 25 heavy (non-hydrogen) atoms. The minimum Gasteiger partial charge on any atom is -0.497 e. The van der Waals surface area contributed by atoms with Gasteiger partial charge in [0.05, 0.1) is 24.7 Å². The number of hydrogen-bond donors (Lipinski definition) is 2. The van der Waals surface area contributed by atoms with Gasteiger partial charge in [0.1, 0.15) is 5.75 Å². The fourth-order valence-electron chi connectivity index (χ4n) is 2.66. The number of carbonyl (C=O) groups excluding carboxylic acids is 1. The van der Waals surface area contributed by atoms with E-state index in [1.807, 2.05) is 36.4 Å². The van der Waals surface area contributed by atoms with E-state index in [0.29, 0.717) is 23.9 Å². The number of methoxy groups -OCH3 is 1. The van der Waals surface area contributed by atoms with E-state index >= 15 is 0 Å². The second kappa shape index (κ2) is 7.61. The van der Waals surface area contributed by atoms with Gasteiger partial charge in [-0.2, -0.15) is 5.10 Å². The molecule has 3 rings (SSSR count). The lowest BCUT2D eigenvalue weighted by Gasteiger charge is -2.08. The van der Waals surface area contributed by atoms with Gasteiger partial charge in [-0.25, -0.2) is 5.10 Å². The summed E-state index contributed by atoms with van der Waals surface area (Å²) in [5.41, 5.74) is 1.45. The molecule has 3 aromatic rings. The van der Waals surface area contributed by atoms with Crippen LogP contribution in [-0.2, 0) is 17.8 Å². The number of H-pyrrole nitrogens is 1. The van der Waals surface area contributed by atoms with Gasteiger partial charge < -0.3 is 10.1 Å². The number of fused-ring (bicyclic) bond motifs is 1. The maximum absolute atomic E-state index is 12.1. The molecule has 128 valence electrons. The summed E-state index contributed by atoms with van der Waals surface area (Å²) in [4.78, 5) is 23.9. The molecular weight excluding hydrogens is 318 g/mol. The Morgan fingerprint density at radius 3 is 2.76 bits per heavy atom. The first-order chi connectivity index (χ1) is 12.2. The monoisotopic (exact) mass is 337 g/mol. The van der Waals surface area contributed by atoms with Crippen LogP contribution in [-0.4, -0.2) is 23.2 Å². The van der Waals surface area contributed by atoms with Crippen molar-refractivity contribution < 1.29 is 9.53 Å². The highest BCUT2D eigenvalue weighted by Gasteiger charge is 2.08. The van der Waals surface area contributed by atoms with Crippen LogP contribution in [0.3, 0.4) is 0 Å². The number of benzene rings is 2. The molecule has 6 nitrogen and oxygen atoms in total. The minimum absolute atomic E-state index is 0.0695. The van der Waals surface area contributed by atoms with Gasteiger partial charge in [0.2, 0.25) is 5.91 Å². The largest absolute Gasteiger partial charge is 0.497 e. The van der Waals surface area contributed by atoms with E-state index in [-0.39, 0.29) is 18.0 Å². The molecule has 6 heteroatoms. The summed E-state index contributed by atoms with van der Waals surface area (Å²) in [7, 11) is 1.62. The zero-order chi connectivity index (χ0) is 17.6. The molecule has 1 amide bonds. The summed E-state index contributed by atoms with van der Waals surface area (Å²) < 4.78 is 5.18. The summed E-state index contributed by atoms with van der Waals surface area (Å²) in [5.74, 6) is 0.710. The minimum atomic E-state index is -0.233. The van der Waals surface area contributed by atoms with Crippen LogP contribution < -0.4 is 15.6 Å². The first kappa shape index (κ1) is 16.7. The molecule has 0 radical (unpaired) electrons. The molecule has 2 N–H and O–H groups in total. The van der Waals surface area contributed by atoms with Crippen LogP contribution in [0.5, 0.6) is 5.75 Å². The SMILES string of the molecule is COc1cccc(CCC(=O)NCc2n[nH]c(=O)c3ccccc23)c1. The van der Waals surface area contributed by atoms with Crippen molar-refractivity contribution in [2.45, 2.75) is 19.4 Å². The van der Waals surface area contributed by atoms with E-state index < -0.39 is 0 Å². The second-order valence-electron chi connectivity index (χ2n) is 5.67. The molecule has 2 aromatic carbocycles. The summed E-state index contributed by atoms with van der Waals surface area (Å²) in [5, 5.41) is 10.7. The van der Waals surface area contributed by atoms with Crippen molar-refractivity contribution in [3.05, 3.63) is 70.1 Å². The zero-order valence-electron chi connectivity index (χ0n) is 13.9. The van der Waals surface area contributed by atoms with Crippen LogP contribution in [0.25, 0.3) is 10.8 Å². The number of nitrogens with one attached hydrogen (secondary N) is 2. The van der Waals surface area contributed by atoms with E-state index in [2.05, 4.69) is 15.5 Å². The number of aromatic nitrogens is 2. The molecule has 1 aromatic heterocycles. The highest BCUT2D eigenvalue weighted by atomic mass is 16.5. The third-order valence-electron chi connectivity index (χ3n) is 4.00. The zero-order valence-corrected chi connectivity index (χ0v) is 13.9. The van der Waals surface area contributed by atoms with Crippen molar-refractivity contribution in [1.29, 1.82) is 0 Å². The highest BCUT2D eigenvalue weighted by molar-refractivity contribution is 5.84. The molecule has 0 aliphatic heterocycles. The number of aryl methyl sites for hydroxylation is 1. The molecule has 0 saturated carbocycles. The van der Waals surface area contributed by atoms with Crippen molar-refractivity contribution in [2.24, 2.45) is 0 Å². The van der Waals surface area contributed by atoms with Crippen LogP contribution in [0.2, 0.25) is 0 Å². The van der Waals surface area contributed by atoms with Crippen LogP contribution in [0, 0.1) is 0 Å². The Hall–Kier alpha value is -3.15. The number of amides is 1. The van der Waals surface area contributed by atoms with Gasteiger partial charge in [-0.3, -0.25) is 9.59 Å². The topological polar surface area (TPSA) is 84.1 Å². The van der Waals surface area contributed by atoms with E-state index in [4.69, 9.17) is 4.74 Å². The molecule has 0 bridgehead atoms. The summed E-state index contributed by atoms with van der Waals surface area (Å²) in [6.07, 6.45) is 0.997. The Labute approximate surface area is 144 Å². The standard InChI is InChI=1S/C19H19N3O3/c1-25-14-6-4-5-13(11-14)9-10-18(23)20-12-17-15-7-2-3-8-16(15)19(24)22-21-17/h2-8,11H,9-10,12H2,1H3,(H,20,23)(H,22,24). The van der Waals surface area contributed by atoms with Gasteiger partial charge in [-0.05, 0) is 30.2 Å². The number of aromatic amines is 1. The van der Waals surface area contributed by atoms with Gasteiger partial charge in [-0.15, -0.1) is 0 Å². The van der Waals surface area contributed by atoms with Crippen LogP contribution in [0.1, 0.15) is 17.7 Å². The molecule has 0 unspecified atom stereocenters. The molecule has 0 saturated heterocycles. The molecule has 0 fully saturated rings. The molecule has 0 spiro atoms. The average Bonchev–Trinajstić information content (AvgIpc) is 2.66. The summed E-state index contributed by atoms with van der Waals surface area (Å²) in [6.45, 7) is 0.272. The van der Waals surface area contributed by atoms with Crippen molar-refractivity contribution in [3.63, 3.8) is 0 Å². The lowest BCUT2D eigenvalue weighted by molar-refractivity contribution is -0.121.